The summed E-state index contributed by atoms with van der Waals surface area (Å²) in [5, 5.41) is 33.5. The van der Waals surface area contributed by atoms with Gasteiger partial charge in [0.25, 0.3) is 17.7 Å². The molecule has 0 unspecified atom stereocenters. The van der Waals surface area contributed by atoms with Crippen molar-refractivity contribution >= 4 is 74.8 Å². The Balaban J connectivity index is 0.000000144. The van der Waals surface area contributed by atoms with Crippen molar-refractivity contribution in [3.63, 3.8) is 0 Å². The van der Waals surface area contributed by atoms with Crippen molar-refractivity contribution in [3.05, 3.63) is 154 Å². The van der Waals surface area contributed by atoms with Crippen molar-refractivity contribution in [1.82, 2.24) is 0 Å². The van der Waals surface area contributed by atoms with Gasteiger partial charge in [0.15, 0.2) is 0 Å². The number of amides is 3. The van der Waals surface area contributed by atoms with Gasteiger partial charge in [0.1, 0.15) is 0 Å². The third-order valence-corrected chi connectivity index (χ3v) is 14.8. The topological polar surface area (TPSA) is 142 Å². The van der Waals surface area contributed by atoms with E-state index in [1.54, 1.807) is 65.2 Å². The minimum absolute atomic E-state index is 0.0126. The van der Waals surface area contributed by atoms with E-state index in [-0.39, 0.29) is 29.9 Å². The molecule has 0 fully saturated rings. The van der Waals surface area contributed by atoms with Crippen LogP contribution >= 0.6 is 34.0 Å². The normalized spacial score (nSPS) is 14.4. The van der Waals surface area contributed by atoms with E-state index in [4.69, 9.17) is 10.4 Å². The first kappa shape index (κ1) is 46.1. The molecular weight excluding hydrogens is 861 g/mol. The van der Waals surface area contributed by atoms with Crippen LogP contribution in [0.15, 0.2) is 88.9 Å². The van der Waals surface area contributed by atoms with E-state index < -0.39 is 5.97 Å². The minimum Gasteiger partial charge on any atom is -0.478 e. The summed E-state index contributed by atoms with van der Waals surface area (Å²) < 4.78 is 0. The minimum atomic E-state index is -0.966. The number of aliphatic hydroxyl groups is 1. The summed E-state index contributed by atoms with van der Waals surface area (Å²) >= 11 is 5.16. The zero-order valence-electron chi connectivity index (χ0n) is 36.4. The zero-order chi connectivity index (χ0) is 45.3. The largest absolute Gasteiger partial charge is 0.478 e. The van der Waals surface area contributed by atoms with E-state index in [1.807, 2.05) is 70.3 Å². The highest BCUT2D eigenvalue weighted by atomic mass is 32.1. The summed E-state index contributed by atoms with van der Waals surface area (Å²) in [7, 11) is 0. The van der Waals surface area contributed by atoms with Crippen LogP contribution in [0.5, 0.6) is 0 Å². The molecule has 3 aromatic carbocycles. The smallest absolute Gasteiger partial charge is 0.335 e. The molecule has 0 atom stereocenters. The number of aliphatic hydroxyl groups excluding tert-OH is 1. The first-order chi connectivity index (χ1) is 31.0. The van der Waals surface area contributed by atoms with Crippen LogP contribution in [0.3, 0.4) is 0 Å². The number of carbonyl (C=O) groups excluding carboxylic acids is 3. The fourth-order valence-corrected chi connectivity index (χ4v) is 11.1. The lowest BCUT2D eigenvalue weighted by Gasteiger charge is -2.21. The third kappa shape index (κ3) is 10.4. The molecule has 6 aromatic rings. The number of hydrogen-bond donors (Lipinski definition) is 2. The molecule has 3 amide bonds. The number of hydrogen-bond acceptors (Lipinski definition) is 9. The molecule has 0 bridgehead atoms. The van der Waals surface area contributed by atoms with Crippen LogP contribution < -0.4 is 14.7 Å². The second-order valence-electron chi connectivity index (χ2n) is 16.2. The van der Waals surface area contributed by atoms with Crippen LogP contribution in [0.4, 0.5) is 17.1 Å². The monoisotopic (exact) mass is 912 g/mol. The highest BCUT2D eigenvalue weighted by molar-refractivity contribution is 7.11. The van der Waals surface area contributed by atoms with Gasteiger partial charge in [0, 0.05) is 51.0 Å². The average molecular weight is 913 g/mol. The predicted molar refractivity (Wildman–Crippen MR) is 258 cm³/mol. The first-order valence-electron chi connectivity index (χ1n) is 21.7. The molecule has 10 nitrogen and oxygen atoms in total. The van der Waals surface area contributed by atoms with Crippen LogP contribution in [0, 0.1) is 32.1 Å². The van der Waals surface area contributed by atoms with Gasteiger partial charge in [-0.1, -0.05) is 6.07 Å². The Kier molecular flexibility index (Phi) is 15.3. The van der Waals surface area contributed by atoms with E-state index in [2.05, 4.69) is 22.9 Å². The molecule has 3 aliphatic heterocycles. The molecule has 64 heavy (non-hydrogen) atoms. The lowest BCUT2D eigenvalue weighted by atomic mass is 10.0. The Morgan fingerprint density at radius 3 is 1.34 bits per heavy atom. The Hall–Kier alpha value is -5.91. The number of aryl methyl sites for hydroxylation is 6. The molecule has 330 valence electrons. The van der Waals surface area contributed by atoms with Gasteiger partial charge in [-0.25, -0.2) is 4.79 Å². The van der Waals surface area contributed by atoms with E-state index in [0.29, 0.717) is 34.4 Å². The van der Waals surface area contributed by atoms with Crippen molar-refractivity contribution in [3.8, 4) is 6.07 Å². The lowest BCUT2D eigenvalue weighted by Crippen LogP contribution is -2.31. The molecule has 0 saturated heterocycles. The van der Waals surface area contributed by atoms with Gasteiger partial charge in [-0.15, -0.1) is 34.0 Å². The maximum atomic E-state index is 12.8. The molecule has 0 aliphatic carbocycles. The number of benzene rings is 3. The molecule has 6 heterocycles. The number of carbonyl (C=O) groups is 4. The number of carboxylic acid groups (broad SMARTS) is 1. The molecule has 3 aliphatic rings. The van der Waals surface area contributed by atoms with Crippen LogP contribution in [-0.2, 0) is 25.9 Å². The number of aromatic carboxylic acids is 1. The SMILES string of the molecule is Cc1cc(C(=O)N2CCCCc3sccc32)ccc1C#N.Cc1cc(C(=O)N2CCCCc3sccc32)ccc1C(=O)O.Cc1cc(C(=O)N2CCCCc3sccc32)ccc1CO. The average Bonchev–Trinajstić information content (AvgIpc) is 3.99. The number of anilines is 3. The Morgan fingerprint density at radius 1 is 0.562 bits per heavy atom. The first-order valence-corrected chi connectivity index (χ1v) is 24.3. The number of fused-ring (bicyclic) bond motifs is 3. The molecule has 0 spiro atoms. The number of thiophene rings is 3. The Morgan fingerprint density at radius 2 is 0.969 bits per heavy atom. The van der Waals surface area contributed by atoms with Gasteiger partial charge in [-0.2, -0.15) is 5.26 Å². The second-order valence-corrected chi connectivity index (χ2v) is 19.2. The molecule has 0 saturated carbocycles. The molecule has 9 rings (SSSR count). The second kappa shape index (κ2) is 21.2. The number of carboxylic acids is 1. The van der Waals surface area contributed by atoms with Crippen molar-refractivity contribution in [1.29, 1.82) is 5.26 Å². The summed E-state index contributed by atoms with van der Waals surface area (Å²) in [5.74, 6) is -0.929. The van der Waals surface area contributed by atoms with Gasteiger partial charge in [-0.3, -0.25) is 14.4 Å². The van der Waals surface area contributed by atoms with Crippen LogP contribution in [-0.4, -0.2) is 53.5 Å². The maximum Gasteiger partial charge on any atom is 0.335 e. The summed E-state index contributed by atoms with van der Waals surface area (Å²) in [5.41, 5.74) is 9.20. The van der Waals surface area contributed by atoms with Crippen LogP contribution in [0.25, 0.3) is 0 Å². The maximum absolute atomic E-state index is 12.8. The van der Waals surface area contributed by atoms with Gasteiger partial charge < -0.3 is 24.9 Å². The highest BCUT2D eigenvalue weighted by Crippen LogP contribution is 2.35. The fraction of sp³-hybridized carbons (Fsp3) is 0.314. The van der Waals surface area contributed by atoms with E-state index in [0.717, 1.165) is 105 Å². The van der Waals surface area contributed by atoms with Crippen molar-refractivity contribution in [2.75, 3.05) is 34.3 Å². The van der Waals surface area contributed by atoms with Gasteiger partial charge >= 0.3 is 5.97 Å². The van der Waals surface area contributed by atoms with E-state index in [9.17, 15) is 24.3 Å². The summed E-state index contributed by atoms with van der Waals surface area (Å²) in [6.07, 6.45) is 9.57. The molecule has 3 aromatic heterocycles. The van der Waals surface area contributed by atoms with Crippen LogP contribution in [0.1, 0.15) is 122 Å². The van der Waals surface area contributed by atoms with Crippen molar-refractivity contribution in [2.24, 2.45) is 0 Å². The Labute approximate surface area is 386 Å². The van der Waals surface area contributed by atoms with Crippen molar-refractivity contribution in [2.45, 2.75) is 85.2 Å². The Bertz CT molecular complexity index is 2710. The number of nitrogens with zero attached hydrogens (tertiary/aromatic N) is 4. The zero-order valence-corrected chi connectivity index (χ0v) is 38.8. The van der Waals surface area contributed by atoms with Gasteiger partial charge in [0.2, 0.25) is 0 Å². The third-order valence-electron chi connectivity index (χ3n) is 11.9. The lowest BCUT2D eigenvalue weighted by molar-refractivity contribution is 0.0695. The molecule has 13 heteroatoms. The summed E-state index contributed by atoms with van der Waals surface area (Å²) in [4.78, 5) is 59.0. The molecule has 0 radical (unpaired) electrons. The number of nitriles is 1. The molecular formula is C51H52N4O6S3. The van der Waals surface area contributed by atoms with Crippen molar-refractivity contribution < 1.29 is 29.4 Å². The predicted octanol–water partition coefficient (Wildman–Crippen LogP) is 11.2. The van der Waals surface area contributed by atoms with Crippen LogP contribution in [0.2, 0.25) is 0 Å². The number of rotatable bonds is 5. The standard InChI is InChI=1S/C17H16N2OS.C17H17NO3S.C17H19NO2S/c1-12-10-13(5-6-14(12)11-18)17(20)19-8-3-2-4-16-15(19)7-9-21-16;1-11-10-12(5-6-13(11)17(20)21)16(19)18-8-3-2-4-15-14(18)7-9-22-15;1-12-10-13(5-6-14(12)11-19)17(20)18-8-3-2-4-16-15(18)7-9-21-16/h5-7,9-10H,2-4,8H2,1H3;5-7,9-10H,2-4,8H2,1H3,(H,20,21);5-7,9-10,19H,2-4,8,11H2,1H3. The van der Waals surface area contributed by atoms with E-state index in [1.165, 1.54) is 20.7 Å². The van der Waals surface area contributed by atoms with Gasteiger partial charge in [0.05, 0.1) is 40.9 Å². The highest BCUT2D eigenvalue weighted by Gasteiger charge is 2.26. The van der Waals surface area contributed by atoms with E-state index >= 15 is 0 Å². The summed E-state index contributed by atoms with van der Waals surface area (Å²) in [6.45, 7) is 7.79. The fourth-order valence-electron chi connectivity index (χ4n) is 8.38. The summed E-state index contributed by atoms with van der Waals surface area (Å²) in [6, 6.07) is 23.9. The van der Waals surface area contributed by atoms with Gasteiger partial charge in [-0.05, 0) is 184 Å². The molecule has 2 N–H and O–H groups in total. The quantitative estimate of drug-likeness (QED) is 0.175.